The summed E-state index contributed by atoms with van der Waals surface area (Å²) in [6.45, 7) is 2.72. The molecule has 19 heavy (non-hydrogen) atoms. The summed E-state index contributed by atoms with van der Waals surface area (Å²) < 4.78 is 0. The first-order valence-electron chi connectivity index (χ1n) is 6.60. The average Bonchev–Trinajstić information content (AvgIpc) is 2.98. The van der Waals surface area contributed by atoms with Gasteiger partial charge in [-0.05, 0) is 12.0 Å². The Hall–Kier alpha value is -1.88. The van der Waals surface area contributed by atoms with E-state index < -0.39 is 0 Å². The number of rotatable bonds is 3. The first-order valence-corrected chi connectivity index (χ1v) is 6.60. The van der Waals surface area contributed by atoms with Gasteiger partial charge in [-0.2, -0.15) is 0 Å². The van der Waals surface area contributed by atoms with Gasteiger partial charge in [0.2, 0.25) is 5.91 Å². The summed E-state index contributed by atoms with van der Waals surface area (Å²) in [5.41, 5.74) is 1.26. The number of carbonyl (C=O) groups excluding carboxylic acids is 2. The lowest BCUT2D eigenvalue weighted by Crippen LogP contribution is -2.42. The Balaban J connectivity index is 1.61. The molecule has 0 spiro atoms. The summed E-state index contributed by atoms with van der Waals surface area (Å²) >= 11 is 0. The summed E-state index contributed by atoms with van der Waals surface area (Å²) in [6, 6.07) is 10.0. The molecule has 0 aromatic heterocycles. The minimum atomic E-state index is -0.239. The predicted molar refractivity (Wildman–Crippen MR) is 70.4 cm³/mol. The van der Waals surface area contributed by atoms with Crippen LogP contribution in [0, 0.1) is 0 Å². The van der Waals surface area contributed by atoms with E-state index in [0.717, 1.165) is 26.1 Å². The zero-order valence-electron chi connectivity index (χ0n) is 10.7. The highest BCUT2D eigenvalue weighted by atomic mass is 16.2. The second-order valence-corrected chi connectivity index (χ2v) is 5.09. The third kappa shape index (κ3) is 2.46. The van der Waals surface area contributed by atoms with Crippen molar-refractivity contribution >= 4 is 11.9 Å². The fourth-order valence-corrected chi connectivity index (χ4v) is 2.81. The molecule has 1 unspecified atom stereocenters. The van der Waals surface area contributed by atoms with Gasteiger partial charge in [0.15, 0.2) is 0 Å². The van der Waals surface area contributed by atoms with Gasteiger partial charge >= 0.3 is 6.03 Å². The van der Waals surface area contributed by atoms with Gasteiger partial charge in [-0.25, -0.2) is 4.79 Å². The molecule has 2 saturated heterocycles. The van der Waals surface area contributed by atoms with Crippen LogP contribution < -0.4 is 5.32 Å². The third-order valence-electron chi connectivity index (χ3n) is 3.74. The largest absolute Gasteiger partial charge is 0.329 e. The summed E-state index contributed by atoms with van der Waals surface area (Å²) in [5, 5.41) is 2.58. The molecule has 5 heteroatoms. The van der Waals surface area contributed by atoms with Gasteiger partial charge in [-0.3, -0.25) is 14.6 Å². The van der Waals surface area contributed by atoms with E-state index in [1.807, 2.05) is 18.2 Å². The van der Waals surface area contributed by atoms with E-state index in [4.69, 9.17) is 0 Å². The smallest absolute Gasteiger partial charge is 0.324 e. The van der Waals surface area contributed by atoms with E-state index in [-0.39, 0.29) is 24.5 Å². The first kappa shape index (κ1) is 12.2. The second kappa shape index (κ2) is 5.01. The van der Waals surface area contributed by atoms with E-state index in [9.17, 15) is 9.59 Å². The molecule has 1 atom stereocenters. The number of hydrogen-bond donors (Lipinski definition) is 1. The Labute approximate surface area is 112 Å². The summed E-state index contributed by atoms with van der Waals surface area (Å²) in [5.74, 6) is -0.100. The standard InChI is InChI=1S/C14H17N3O2/c18-13-8-15-14(19)17(13)12-6-7-16(10-12)9-11-4-2-1-3-5-11/h1-5,12H,6-10H2,(H,15,19). The number of benzene rings is 1. The molecular formula is C14H17N3O2. The van der Waals surface area contributed by atoms with E-state index in [1.165, 1.54) is 10.5 Å². The monoisotopic (exact) mass is 259 g/mol. The number of likely N-dealkylation sites (tertiary alicyclic amines) is 1. The molecule has 2 heterocycles. The van der Waals surface area contributed by atoms with Gasteiger partial charge in [0.1, 0.15) is 0 Å². The molecule has 5 nitrogen and oxygen atoms in total. The Morgan fingerprint density at radius 1 is 1.21 bits per heavy atom. The van der Waals surface area contributed by atoms with E-state index >= 15 is 0 Å². The number of nitrogens with zero attached hydrogens (tertiary/aromatic N) is 2. The van der Waals surface area contributed by atoms with Gasteiger partial charge < -0.3 is 5.32 Å². The topological polar surface area (TPSA) is 52.7 Å². The maximum Gasteiger partial charge on any atom is 0.324 e. The second-order valence-electron chi connectivity index (χ2n) is 5.09. The molecule has 1 aromatic rings. The van der Waals surface area contributed by atoms with E-state index in [2.05, 4.69) is 22.3 Å². The van der Waals surface area contributed by atoms with Crippen molar-refractivity contribution in [2.45, 2.75) is 19.0 Å². The Kier molecular flexibility index (Phi) is 3.21. The fraction of sp³-hybridized carbons (Fsp3) is 0.429. The number of urea groups is 1. The van der Waals surface area contributed by atoms with Crippen LogP contribution >= 0.6 is 0 Å². The average molecular weight is 259 g/mol. The van der Waals surface area contributed by atoms with Gasteiger partial charge in [0.25, 0.3) is 0 Å². The van der Waals surface area contributed by atoms with Crippen molar-refractivity contribution in [3.05, 3.63) is 35.9 Å². The summed E-state index contributed by atoms with van der Waals surface area (Å²) in [7, 11) is 0. The Bertz CT molecular complexity index is 473. The highest BCUT2D eigenvalue weighted by molar-refractivity contribution is 6.02. The quantitative estimate of drug-likeness (QED) is 0.817. The number of nitrogens with one attached hydrogen (secondary N) is 1. The minimum Gasteiger partial charge on any atom is -0.329 e. The fourth-order valence-electron chi connectivity index (χ4n) is 2.81. The number of carbonyl (C=O) groups is 2. The van der Waals surface area contributed by atoms with Gasteiger partial charge in [0, 0.05) is 19.6 Å². The Morgan fingerprint density at radius 3 is 2.68 bits per heavy atom. The van der Waals surface area contributed by atoms with Crippen LogP contribution in [0.3, 0.4) is 0 Å². The summed E-state index contributed by atoms with van der Waals surface area (Å²) in [4.78, 5) is 27.0. The number of hydrogen-bond acceptors (Lipinski definition) is 3. The lowest BCUT2D eigenvalue weighted by atomic mass is 10.2. The molecule has 0 bridgehead atoms. The van der Waals surface area contributed by atoms with Crippen LogP contribution in [0.15, 0.2) is 30.3 Å². The van der Waals surface area contributed by atoms with Crippen LogP contribution in [-0.4, -0.2) is 47.4 Å². The third-order valence-corrected chi connectivity index (χ3v) is 3.74. The molecule has 100 valence electrons. The van der Waals surface area contributed by atoms with Crippen molar-refractivity contribution in [1.82, 2.24) is 15.1 Å². The van der Waals surface area contributed by atoms with Crippen LogP contribution in [-0.2, 0) is 11.3 Å². The molecule has 1 N–H and O–H groups in total. The number of imide groups is 1. The van der Waals surface area contributed by atoms with Crippen LogP contribution in [0.1, 0.15) is 12.0 Å². The number of amides is 3. The first-order chi connectivity index (χ1) is 9.24. The zero-order valence-corrected chi connectivity index (χ0v) is 10.7. The van der Waals surface area contributed by atoms with Crippen molar-refractivity contribution in [3.63, 3.8) is 0 Å². The molecule has 0 radical (unpaired) electrons. The summed E-state index contributed by atoms with van der Waals surface area (Å²) in [6.07, 6.45) is 0.867. The molecule has 2 aliphatic heterocycles. The van der Waals surface area contributed by atoms with Crippen molar-refractivity contribution < 1.29 is 9.59 Å². The van der Waals surface area contributed by atoms with Crippen LogP contribution in [0.2, 0.25) is 0 Å². The van der Waals surface area contributed by atoms with Crippen LogP contribution in [0.4, 0.5) is 4.79 Å². The Morgan fingerprint density at radius 2 is 2.00 bits per heavy atom. The molecule has 2 aliphatic rings. The van der Waals surface area contributed by atoms with Crippen LogP contribution in [0.5, 0.6) is 0 Å². The molecule has 2 fully saturated rings. The van der Waals surface area contributed by atoms with Gasteiger partial charge in [-0.15, -0.1) is 0 Å². The van der Waals surface area contributed by atoms with Crippen molar-refractivity contribution in [3.8, 4) is 0 Å². The normalized spacial score (nSPS) is 24.0. The molecule has 1 aromatic carbocycles. The maximum absolute atomic E-state index is 11.7. The van der Waals surface area contributed by atoms with E-state index in [0.29, 0.717) is 0 Å². The molecule has 0 saturated carbocycles. The minimum absolute atomic E-state index is 0.0266. The molecular weight excluding hydrogens is 242 g/mol. The van der Waals surface area contributed by atoms with Crippen molar-refractivity contribution in [2.24, 2.45) is 0 Å². The highest BCUT2D eigenvalue weighted by Crippen LogP contribution is 2.19. The van der Waals surface area contributed by atoms with Gasteiger partial charge in [-0.1, -0.05) is 30.3 Å². The van der Waals surface area contributed by atoms with E-state index in [1.54, 1.807) is 0 Å². The predicted octanol–water partition coefficient (Wildman–Crippen LogP) is 0.813. The molecule has 3 amide bonds. The zero-order chi connectivity index (χ0) is 13.2. The lowest BCUT2D eigenvalue weighted by molar-refractivity contribution is -0.126. The maximum atomic E-state index is 11.7. The lowest BCUT2D eigenvalue weighted by Gasteiger charge is -2.21. The molecule has 3 rings (SSSR count). The SMILES string of the molecule is O=C1CNC(=O)N1C1CCN(Cc2ccccc2)C1. The van der Waals surface area contributed by atoms with Gasteiger partial charge in [0.05, 0.1) is 12.6 Å². The van der Waals surface area contributed by atoms with Crippen molar-refractivity contribution in [1.29, 1.82) is 0 Å². The van der Waals surface area contributed by atoms with Crippen LogP contribution in [0.25, 0.3) is 0 Å². The van der Waals surface area contributed by atoms with Crippen molar-refractivity contribution in [2.75, 3.05) is 19.6 Å². The highest BCUT2D eigenvalue weighted by Gasteiger charge is 2.38. The molecule has 0 aliphatic carbocycles.